The van der Waals surface area contributed by atoms with Gasteiger partial charge in [-0.1, -0.05) is 36.4 Å². The van der Waals surface area contributed by atoms with Gasteiger partial charge in [-0.15, -0.1) is 11.3 Å². The van der Waals surface area contributed by atoms with E-state index in [1.54, 1.807) is 4.88 Å². The highest BCUT2D eigenvalue weighted by Gasteiger charge is 2.53. The minimum Gasteiger partial charge on any atom is -0.293 e. The van der Waals surface area contributed by atoms with Gasteiger partial charge in [0.1, 0.15) is 0 Å². The highest BCUT2D eigenvalue weighted by molar-refractivity contribution is 7.10. The van der Waals surface area contributed by atoms with Crippen molar-refractivity contribution in [2.75, 3.05) is 7.05 Å². The Balaban J connectivity index is 1.86. The predicted octanol–water partition coefficient (Wildman–Crippen LogP) is 4.62. The molecule has 104 valence electrons. The molecule has 4 rings (SSSR count). The second-order valence-electron chi connectivity index (χ2n) is 6.24. The Morgan fingerprint density at radius 2 is 1.90 bits per heavy atom. The lowest BCUT2D eigenvalue weighted by Gasteiger charge is -2.48. The number of hydrogen-bond donors (Lipinski definition) is 0. The number of rotatable bonds is 2. The van der Waals surface area contributed by atoms with Gasteiger partial charge in [-0.2, -0.15) is 0 Å². The van der Waals surface area contributed by atoms with Gasteiger partial charge in [-0.3, -0.25) is 4.90 Å². The maximum Gasteiger partial charge on any atom is 0.0537 e. The topological polar surface area (TPSA) is 3.24 Å². The molecule has 0 aliphatic carbocycles. The summed E-state index contributed by atoms with van der Waals surface area (Å²) in [7, 11) is 2.35. The van der Waals surface area contributed by atoms with Crippen LogP contribution in [0.25, 0.3) is 0 Å². The van der Waals surface area contributed by atoms with Crippen molar-refractivity contribution in [2.45, 2.75) is 43.2 Å². The monoisotopic (exact) mass is 283 g/mol. The maximum atomic E-state index is 2.69. The number of piperidine rings is 1. The van der Waals surface area contributed by atoms with E-state index >= 15 is 0 Å². The molecule has 0 amide bonds. The molecule has 0 spiro atoms. The minimum absolute atomic E-state index is 0.231. The Morgan fingerprint density at radius 1 is 1.05 bits per heavy atom. The van der Waals surface area contributed by atoms with Gasteiger partial charge in [-0.05, 0) is 49.7 Å². The smallest absolute Gasteiger partial charge is 0.0537 e. The minimum atomic E-state index is 0.231. The van der Waals surface area contributed by atoms with Crippen LogP contribution >= 0.6 is 11.3 Å². The average molecular weight is 283 g/mol. The van der Waals surface area contributed by atoms with Crippen LogP contribution in [0.3, 0.4) is 0 Å². The van der Waals surface area contributed by atoms with Gasteiger partial charge in [0.05, 0.1) is 5.54 Å². The van der Waals surface area contributed by atoms with Gasteiger partial charge in [0, 0.05) is 16.8 Å². The van der Waals surface area contributed by atoms with Crippen molar-refractivity contribution in [1.29, 1.82) is 0 Å². The molecule has 2 aromatic rings. The summed E-state index contributed by atoms with van der Waals surface area (Å²) < 4.78 is 0. The van der Waals surface area contributed by atoms with E-state index in [1.165, 1.54) is 31.2 Å². The lowest BCUT2D eigenvalue weighted by Crippen LogP contribution is -2.49. The fourth-order valence-electron chi connectivity index (χ4n) is 4.58. The highest BCUT2D eigenvalue weighted by atomic mass is 32.1. The number of benzene rings is 1. The van der Waals surface area contributed by atoms with E-state index in [2.05, 4.69) is 59.8 Å². The lowest BCUT2D eigenvalue weighted by molar-refractivity contribution is 0.0579. The predicted molar refractivity (Wildman–Crippen MR) is 85.2 cm³/mol. The molecular formula is C18H21NS. The van der Waals surface area contributed by atoms with Crippen molar-refractivity contribution in [3.63, 3.8) is 0 Å². The van der Waals surface area contributed by atoms with Crippen molar-refractivity contribution in [2.24, 2.45) is 0 Å². The summed E-state index contributed by atoms with van der Waals surface area (Å²) >= 11 is 1.94. The molecule has 3 atom stereocenters. The van der Waals surface area contributed by atoms with E-state index in [0.717, 1.165) is 6.04 Å². The third-order valence-corrected chi connectivity index (χ3v) is 6.55. The van der Waals surface area contributed by atoms with E-state index in [9.17, 15) is 0 Å². The van der Waals surface area contributed by atoms with E-state index in [-0.39, 0.29) is 5.54 Å². The van der Waals surface area contributed by atoms with Crippen LogP contribution in [0.5, 0.6) is 0 Å². The van der Waals surface area contributed by atoms with Gasteiger partial charge in [-0.25, -0.2) is 0 Å². The van der Waals surface area contributed by atoms with Gasteiger partial charge in [0.25, 0.3) is 0 Å². The van der Waals surface area contributed by atoms with Crippen LogP contribution in [0.1, 0.15) is 42.0 Å². The fourth-order valence-corrected chi connectivity index (χ4v) is 5.53. The lowest BCUT2D eigenvalue weighted by atomic mass is 9.72. The Labute approximate surface area is 125 Å². The molecule has 2 bridgehead atoms. The molecule has 0 N–H and O–H groups in total. The van der Waals surface area contributed by atoms with Crippen molar-refractivity contribution < 1.29 is 0 Å². The normalized spacial score (nSPS) is 33.5. The molecule has 20 heavy (non-hydrogen) atoms. The van der Waals surface area contributed by atoms with Crippen LogP contribution < -0.4 is 0 Å². The first kappa shape index (κ1) is 12.6. The number of hydrogen-bond acceptors (Lipinski definition) is 2. The summed E-state index contributed by atoms with van der Waals surface area (Å²) in [6.07, 6.45) is 5.35. The molecule has 1 aromatic heterocycles. The van der Waals surface area contributed by atoms with Crippen LogP contribution in [0, 0.1) is 0 Å². The van der Waals surface area contributed by atoms with E-state index in [4.69, 9.17) is 0 Å². The first-order chi connectivity index (χ1) is 9.82. The van der Waals surface area contributed by atoms with Gasteiger partial charge >= 0.3 is 0 Å². The van der Waals surface area contributed by atoms with Gasteiger partial charge in [0.2, 0.25) is 0 Å². The van der Waals surface area contributed by atoms with Crippen LogP contribution in [0.4, 0.5) is 0 Å². The summed E-state index contributed by atoms with van der Waals surface area (Å²) in [5.74, 6) is 0.661. The zero-order valence-corrected chi connectivity index (χ0v) is 12.8. The van der Waals surface area contributed by atoms with Crippen molar-refractivity contribution in [1.82, 2.24) is 4.90 Å². The largest absolute Gasteiger partial charge is 0.293 e. The third kappa shape index (κ3) is 1.64. The standard InChI is InChI=1S/C18H21NS/c1-19-15-9-10-16(17-8-5-13-20-17)18(19,12-11-15)14-6-3-2-4-7-14/h2-8,13,15-16H,9-12H2,1H3/t15-,16?,18+/m1/s1. The van der Waals surface area contributed by atoms with Crippen molar-refractivity contribution in [3.8, 4) is 0 Å². The van der Waals surface area contributed by atoms with Crippen LogP contribution in [0.15, 0.2) is 47.8 Å². The Morgan fingerprint density at radius 3 is 2.65 bits per heavy atom. The first-order valence-electron chi connectivity index (χ1n) is 7.64. The molecular weight excluding hydrogens is 262 g/mol. The van der Waals surface area contributed by atoms with E-state index in [0.29, 0.717) is 5.92 Å². The summed E-state index contributed by atoms with van der Waals surface area (Å²) in [6, 6.07) is 16.5. The summed E-state index contributed by atoms with van der Waals surface area (Å²) in [5, 5.41) is 2.23. The first-order valence-corrected chi connectivity index (χ1v) is 8.52. The molecule has 0 saturated carbocycles. The second kappa shape index (κ2) is 4.71. The van der Waals surface area contributed by atoms with Gasteiger partial charge < -0.3 is 0 Å². The molecule has 0 radical (unpaired) electrons. The van der Waals surface area contributed by atoms with Gasteiger partial charge in [0.15, 0.2) is 0 Å². The fraction of sp³-hybridized carbons (Fsp3) is 0.444. The number of nitrogens with zero attached hydrogens (tertiary/aromatic N) is 1. The number of fused-ring (bicyclic) bond motifs is 2. The molecule has 3 heterocycles. The number of likely N-dealkylation sites (N-methyl/N-ethyl adjacent to an activating group) is 1. The van der Waals surface area contributed by atoms with E-state index in [1.807, 2.05) is 11.3 Å². The summed E-state index contributed by atoms with van der Waals surface area (Å²) in [5.41, 5.74) is 1.75. The SMILES string of the molecule is CN1[C@@H]2CCC(c3cccs3)[C@@]1(c1ccccc1)CC2. The molecule has 1 unspecified atom stereocenters. The van der Waals surface area contributed by atoms with Crippen LogP contribution in [-0.2, 0) is 5.54 Å². The van der Waals surface area contributed by atoms with E-state index < -0.39 is 0 Å². The average Bonchev–Trinajstić information content (AvgIpc) is 3.07. The van der Waals surface area contributed by atoms with Crippen LogP contribution in [-0.4, -0.2) is 18.0 Å². The molecule has 2 aliphatic rings. The summed E-state index contributed by atoms with van der Waals surface area (Å²) in [6.45, 7) is 0. The van der Waals surface area contributed by atoms with Crippen molar-refractivity contribution >= 4 is 11.3 Å². The van der Waals surface area contributed by atoms with Crippen LogP contribution in [0.2, 0.25) is 0 Å². The quantitative estimate of drug-likeness (QED) is 0.777. The molecule has 1 nitrogen and oxygen atoms in total. The van der Waals surface area contributed by atoms with Crippen molar-refractivity contribution in [3.05, 3.63) is 58.3 Å². The zero-order chi connectivity index (χ0) is 13.6. The molecule has 1 aromatic carbocycles. The second-order valence-corrected chi connectivity index (χ2v) is 7.22. The molecule has 2 fully saturated rings. The zero-order valence-electron chi connectivity index (χ0n) is 12.0. The Kier molecular flexibility index (Phi) is 2.97. The maximum absolute atomic E-state index is 2.69. The molecule has 2 saturated heterocycles. The third-order valence-electron chi connectivity index (χ3n) is 5.56. The Bertz CT molecular complexity index is 577. The number of thiophene rings is 1. The molecule has 2 heteroatoms. The Hall–Kier alpha value is -1.12. The summed E-state index contributed by atoms with van der Waals surface area (Å²) in [4.78, 5) is 4.26. The molecule has 2 aliphatic heterocycles. The highest BCUT2D eigenvalue weighted by Crippen LogP contribution is 2.57.